The Morgan fingerprint density at radius 1 is 1.24 bits per heavy atom. The Labute approximate surface area is 110 Å². The van der Waals surface area contributed by atoms with Crippen LogP contribution >= 0.6 is 23.2 Å². The zero-order valence-corrected chi connectivity index (χ0v) is 10.8. The Bertz CT molecular complexity index is 398. The van der Waals surface area contributed by atoms with Crippen molar-refractivity contribution < 1.29 is 9.59 Å². The summed E-state index contributed by atoms with van der Waals surface area (Å²) in [5.74, 6) is 0.293. The molecule has 0 aromatic heterocycles. The topological polar surface area (TPSA) is 40.6 Å². The van der Waals surface area contributed by atoms with Crippen molar-refractivity contribution in [2.24, 2.45) is 0 Å². The number of anilines is 1. The van der Waals surface area contributed by atoms with Crippen LogP contribution in [0, 0.1) is 0 Å². The third-order valence-electron chi connectivity index (χ3n) is 2.13. The van der Waals surface area contributed by atoms with Gasteiger partial charge >= 0.3 is 11.4 Å². The lowest BCUT2D eigenvalue weighted by molar-refractivity contribution is 0.217. The van der Waals surface area contributed by atoms with Gasteiger partial charge in [0.2, 0.25) is 0 Å². The number of para-hydroxylation sites is 1. The zero-order valence-electron chi connectivity index (χ0n) is 9.27. The Morgan fingerprint density at radius 2 is 1.82 bits per heavy atom. The van der Waals surface area contributed by atoms with E-state index in [0.717, 1.165) is 4.90 Å². The van der Waals surface area contributed by atoms with Gasteiger partial charge in [-0.15, -0.1) is 11.6 Å². The Morgan fingerprint density at radius 3 is 2.29 bits per heavy atom. The van der Waals surface area contributed by atoms with Crippen molar-refractivity contribution in [2.75, 3.05) is 24.4 Å². The smallest absolute Gasteiger partial charge is 0.326 e. The maximum Gasteiger partial charge on any atom is 0.332 e. The minimum Gasteiger partial charge on any atom is -0.326 e. The van der Waals surface area contributed by atoms with Gasteiger partial charge in [-0.1, -0.05) is 18.2 Å². The van der Waals surface area contributed by atoms with Crippen LogP contribution in [-0.2, 0) is 0 Å². The van der Waals surface area contributed by atoms with Crippen molar-refractivity contribution in [2.45, 2.75) is 0 Å². The number of hydrogen-bond donors (Lipinski definition) is 0. The van der Waals surface area contributed by atoms with Gasteiger partial charge in [-0.25, -0.2) is 9.69 Å². The molecule has 3 amide bonds. The van der Waals surface area contributed by atoms with Gasteiger partial charge in [-0.05, 0) is 23.7 Å². The third kappa shape index (κ3) is 3.61. The van der Waals surface area contributed by atoms with Crippen LogP contribution < -0.4 is 4.90 Å². The quantitative estimate of drug-likeness (QED) is 0.483. The molecule has 0 bridgehead atoms. The third-order valence-corrected chi connectivity index (χ3v) is 2.47. The average Bonchev–Trinajstić information content (AvgIpc) is 2.30. The van der Waals surface area contributed by atoms with Gasteiger partial charge in [0.25, 0.3) is 0 Å². The van der Waals surface area contributed by atoms with Crippen LogP contribution in [0.1, 0.15) is 0 Å². The van der Waals surface area contributed by atoms with Crippen LogP contribution in [0.3, 0.4) is 0 Å². The van der Waals surface area contributed by atoms with E-state index in [1.165, 1.54) is 4.90 Å². The van der Waals surface area contributed by atoms with E-state index >= 15 is 0 Å². The van der Waals surface area contributed by atoms with E-state index in [0.29, 0.717) is 18.1 Å². The second-order valence-electron chi connectivity index (χ2n) is 3.32. The number of halogens is 2. The molecule has 0 aliphatic carbocycles. The lowest BCUT2D eigenvalue weighted by Gasteiger charge is -2.24. The molecular formula is C11H12Cl2N2O2. The van der Waals surface area contributed by atoms with Crippen molar-refractivity contribution in [3.05, 3.63) is 30.3 Å². The molecule has 0 radical (unpaired) electrons. The summed E-state index contributed by atoms with van der Waals surface area (Å²) in [6.45, 7) is 0.341. The molecule has 0 aliphatic rings. The van der Waals surface area contributed by atoms with Gasteiger partial charge in [0.1, 0.15) is 0 Å². The summed E-state index contributed by atoms with van der Waals surface area (Å²) in [5.41, 5.74) is 0.430. The van der Waals surface area contributed by atoms with E-state index in [9.17, 15) is 9.59 Å². The maximum atomic E-state index is 12.0. The molecule has 1 aromatic rings. The zero-order chi connectivity index (χ0) is 12.8. The Kier molecular flexibility index (Phi) is 5.25. The van der Waals surface area contributed by atoms with Crippen LogP contribution in [0.2, 0.25) is 0 Å². The number of hydrogen-bond acceptors (Lipinski definition) is 2. The van der Waals surface area contributed by atoms with Crippen molar-refractivity contribution in [3.63, 3.8) is 0 Å². The first-order chi connectivity index (χ1) is 8.07. The van der Waals surface area contributed by atoms with Crippen LogP contribution in [0.15, 0.2) is 30.3 Å². The summed E-state index contributed by atoms with van der Waals surface area (Å²) < 4.78 is 0. The van der Waals surface area contributed by atoms with Crippen LogP contribution in [0.25, 0.3) is 0 Å². The lowest BCUT2D eigenvalue weighted by Crippen LogP contribution is -2.43. The van der Waals surface area contributed by atoms with E-state index < -0.39 is 11.4 Å². The molecule has 0 spiro atoms. The molecule has 0 fully saturated rings. The summed E-state index contributed by atoms with van der Waals surface area (Å²) in [6, 6.07) is 7.98. The number of rotatable bonds is 3. The van der Waals surface area contributed by atoms with E-state index in [4.69, 9.17) is 23.2 Å². The molecular weight excluding hydrogens is 263 g/mol. The summed E-state index contributed by atoms with van der Waals surface area (Å²) in [6.07, 6.45) is 0. The highest BCUT2D eigenvalue weighted by molar-refractivity contribution is 6.68. The number of imide groups is 1. The van der Waals surface area contributed by atoms with Crippen molar-refractivity contribution in [1.29, 1.82) is 0 Å². The van der Waals surface area contributed by atoms with E-state index in [1.54, 1.807) is 37.4 Å². The second-order valence-corrected chi connectivity index (χ2v) is 4.02. The number of urea groups is 1. The highest BCUT2D eigenvalue weighted by Gasteiger charge is 2.24. The van der Waals surface area contributed by atoms with Gasteiger partial charge < -0.3 is 4.90 Å². The normalized spacial score (nSPS) is 9.82. The molecule has 0 aliphatic heterocycles. The number of alkyl halides is 1. The predicted molar refractivity (Wildman–Crippen MR) is 68.9 cm³/mol. The van der Waals surface area contributed by atoms with Gasteiger partial charge in [0, 0.05) is 19.5 Å². The molecule has 6 heteroatoms. The summed E-state index contributed by atoms with van der Waals surface area (Å²) in [5, 5.41) is -0.845. The van der Waals surface area contributed by atoms with Crippen LogP contribution in [0.5, 0.6) is 0 Å². The van der Waals surface area contributed by atoms with Gasteiger partial charge in [0.15, 0.2) is 0 Å². The number of carbonyl (C=O) groups excluding carboxylic acids is 2. The fourth-order valence-electron chi connectivity index (χ4n) is 1.26. The van der Waals surface area contributed by atoms with Crippen molar-refractivity contribution in [1.82, 2.24) is 4.90 Å². The maximum absolute atomic E-state index is 12.0. The van der Waals surface area contributed by atoms with Crippen LogP contribution in [-0.4, -0.2) is 35.8 Å². The highest BCUT2D eigenvalue weighted by Crippen LogP contribution is 2.17. The standard InChI is InChI=1S/C11H12Cl2N2O2/c1-14(8-7-12)11(17)15(10(13)16)9-5-3-2-4-6-9/h2-6H,7-8H2,1H3. The molecule has 0 heterocycles. The predicted octanol–water partition coefficient (Wildman–Crippen LogP) is 3.14. The summed E-state index contributed by atoms with van der Waals surface area (Å²) in [4.78, 5) is 25.5. The Balaban J connectivity index is 2.95. The minimum atomic E-state index is -0.845. The number of amides is 3. The molecule has 0 saturated heterocycles. The molecule has 0 saturated carbocycles. The first-order valence-electron chi connectivity index (χ1n) is 4.93. The molecule has 17 heavy (non-hydrogen) atoms. The van der Waals surface area contributed by atoms with Gasteiger partial charge in [-0.2, -0.15) is 0 Å². The molecule has 0 atom stereocenters. The lowest BCUT2D eigenvalue weighted by atomic mass is 10.3. The first kappa shape index (κ1) is 13.8. The molecule has 4 nitrogen and oxygen atoms in total. The van der Waals surface area contributed by atoms with E-state index in [-0.39, 0.29) is 0 Å². The average molecular weight is 275 g/mol. The summed E-state index contributed by atoms with van der Waals surface area (Å²) >= 11 is 11.0. The van der Waals surface area contributed by atoms with Crippen molar-refractivity contribution in [3.8, 4) is 0 Å². The monoisotopic (exact) mass is 274 g/mol. The molecule has 1 aromatic carbocycles. The molecule has 92 valence electrons. The van der Waals surface area contributed by atoms with Crippen LogP contribution in [0.4, 0.5) is 15.3 Å². The molecule has 1 rings (SSSR count). The first-order valence-corrected chi connectivity index (χ1v) is 5.85. The molecule has 0 N–H and O–H groups in total. The minimum absolute atomic E-state index is 0.293. The van der Waals surface area contributed by atoms with E-state index in [2.05, 4.69) is 0 Å². The van der Waals surface area contributed by atoms with E-state index in [1.807, 2.05) is 0 Å². The fraction of sp³-hybridized carbons (Fsp3) is 0.273. The van der Waals surface area contributed by atoms with Gasteiger partial charge in [0.05, 0.1) is 5.69 Å². The number of benzene rings is 1. The number of nitrogens with zero attached hydrogens (tertiary/aromatic N) is 2. The highest BCUT2D eigenvalue weighted by atomic mass is 35.5. The molecule has 0 unspecified atom stereocenters. The van der Waals surface area contributed by atoms with Gasteiger partial charge in [-0.3, -0.25) is 4.79 Å². The Hall–Kier alpha value is -1.26. The second kappa shape index (κ2) is 6.47. The largest absolute Gasteiger partial charge is 0.332 e. The SMILES string of the molecule is CN(CCCl)C(=O)N(C(=O)Cl)c1ccccc1. The summed E-state index contributed by atoms with van der Waals surface area (Å²) in [7, 11) is 1.56. The fourth-order valence-corrected chi connectivity index (χ4v) is 1.68. The number of carbonyl (C=O) groups is 2. The van der Waals surface area contributed by atoms with Crippen molar-refractivity contribution >= 4 is 40.3 Å².